The van der Waals surface area contributed by atoms with E-state index in [0.29, 0.717) is 0 Å². The average Bonchev–Trinajstić information content (AvgIpc) is 2.39. The van der Waals surface area contributed by atoms with Crippen molar-refractivity contribution in [3.05, 3.63) is 41.5 Å². The summed E-state index contributed by atoms with van der Waals surface area (Å²) in [4.78, 5) is 0. The van der Waals surface area contributed by atoms with Gasteiger partial charge in [0.1, 0.15) is 0 Å². The summed E-state index contributed by atoms with van der Waals surface area (Å²) in [7, 11) is 0. The van der Waals surface area contributed by atoms with E-state index in [4.69, 9.17) is 4.74 Å². The van der Waals surface area contributed by atoms with Crippen LogP contribution in [0.5, 0.6) is 0 Å². The first-order valence-corrected chi connectivity index (χ1v) is 6.83. The van der Waals surface area contributed by atoms with Crippen LogP contribution in [0.3, 0.4) is 0 Å². The third kappa shape index (κ3) is 7.25. The van der Waals surface area contributed by atoms with E-state index in [0.717, 1.165) is 32.7 Å². The largest absolute Gasteiger partial charge is 0.382 e. The fraction of sp³-hybridized carbons (Fsp3) is 0.500. The van der Waals surface area contributed by atoms with Crippen LogP contribution in [0, 0.1) is 0 Å². The molecular formula is C16H25NO. The molecule has 1 rings (SSSR count). The topological polar surface area (TPSA) is 21.3 Å². The quantitative estimate of drug-likeness (QED) is 0.674. The van der Waals surface area contributed by atoms with Gasteiger partial charge in [-0.3, -0.25) is 0 Å². The van der Waals surface area contributed by atoms with E-state index < -0.39 is 0 Å². The zero-order chi connectivity index (χ0) is 13.1. The number of hydrogen-bond acceptors (Lipinski definition) is 2. The summed E-state index contributed by atoms with van der Waals surface area (Å²) in [6.45, 7) is 7.94. The number of rotatable bonds is 9. The normalized spacial score (nSPS) is 11.8. The van der Waals surface area contributed by atoms with Gasteiger partial charge in [0.15, 0.2) is 0 Å². The lowest BCUT2D eigenvalue weighted by atomic mass is 10.1. The maximum absolute atomic E-state index is 5.30. The maximum Gasteiger partial charge on any atom is 0.0466 e. The second-order valence-electron chi connectivity index (χ2n) is 4.48. The van der Waals surface area contributed by atoms with Gasteiger partial charge in [-0.2, -0.15) is 0 Å². The molecule has 2 heteroatoms. The number of benzene rings is 1. The molecule has 0 saturated heterocycles. The summed E-state index contributed by atoms with van der Waals surface area (Å²) < 4.78 is 5.30. The Kier molecular flexibility index (Phi) is 8.19. The SMILES string of the molecule is CCOCCCCNC/C(C)=C/c1ccccc1. The molecule has 100 valence electrons. The molecule has 0 aliphatic rings. The summed E-state index contributed by atoms with van der Waals surface area (Å²) in [5.41, 5.74) is 2.64. The second kappa shape index (κ2) is 9.86. The molecule has 0 bridgehead atoms. The zero-order valence-corrected chi connectivity index (χ0v) is 11.6. The molecular weight excluding hydrogens is 222 g/mol. The number of hydrogen-bond donors (Lipinski definition) is 1. The van der Waals surface area contributed by atoms with E-state index in [-0.39, 0.29) is 0 Å². The van der Waals surface area contributed by atoms with Crippen LogP contribution >= 0.6 is 0 Å². The van der Waals surface area contributed by atoms with Crippen LogP contribution in [-0.4, -0.2) is 26.3 Å². The van der Waals surface area contributed by atoms with Gasteiger partial charge in [0, 0.05) is 19.8 Å². The molecule has 0 heterocycles. The monoisotopic (exact) mass is 247 g/mol. The van der Waals surface area contributed by atoms with Crippen molar-refractivity contribution in [1.82, 2.24) is 5.32 Å². The van der Waals surface area contributed by atoms with Crippen molar-refractivity contribution in [1.29, 1.82) is 0 Å². The Hall–Kier alpha value is -1.12. The molecule has 0 amide bonds. The van der Waals surface area contributed by atoms with Gasteiger partial charge in [0.05, 0.1) is 0 Å². The lowest BCUT2D eigenvalue weighted by molar-refractivity contribution is 0.143. The Labute approximate surface area is 111 Å². The fourth-order valence-corrected chi connectivity index (χ4v) is 1.77. The molecule has 0 saturated carbocycles. The van der Waals surface area contributed by atoms with Crippen LogP contribution in [0.1, 0.15) is 32.3 Å². The standard InChI is InChI=1S/C16H25NO/c1-3-18-12-8-7-11-17-14-15(2)13-16-9-5-4-6-10-16/h4-6,9-10,13,17H,3,7-8,11-12,14H2,1-2H3/b15-13+. The van der Waals surface area contributed by atoms with E-state index in [1.54, 1.807) is 0 Å². The van der Waals surface area contributed by atoms with Crippen molar-refractivity contribution < 1.29 is 4.74 Å². The number of ether oxygens (including phenoxy) is 1. The molecule has 2 nitrogen and oxygen atoms in total. The van der Waals surface area contributed by atoms with Gasteiger partial charge in [0.25, 0.3) is 0 Å². The minimum Gasteiger partial charge on any atom is -0.382 e. The van der Waals surface area contributed by atoms with Crippen LogP contribution in [0.25, 0.3) is 6.08 Å². The summed E-state index contributed by atoms with van der Waals surface area (Å²) >= 11 is 0. The predicted molar refractivity (Wildman–Crippen MR) is 78.7 cm³/mol. The lowest BCUT2D eigenvalue weighted by Crippen LogP contribution is -2.17. The first-order chi connectivity index (χ1) is 8.83. The third-order valence-corrected chi connectivity index (χ3v) is 2.71. The highest BCUT2D eigenvalue weighted by Crippen LogP contribution is 2.05. The number of unbranched alkanes of at least 4 members (excludes halogenated alkanes) is 1. The summed E-state index contributed by atoms with van der Waals surface area (Å²) in [5, 5.41) is 3.46. The van der Waals surface area contributed by atoms with Crippen molar-refractivity contribution >= 4 is 6.08 Å². The molecule has 0 unspecified atom stereocenters. The van der Waals surface area contributed by atoms with Crippen molar-refractivity contribution in [2.75, 3.05) is 26.3 Å². The summed E-state index contributed by atoms with van der Waals surface area (Å²) in [5.74, 6) is 0. The molecule has 0 aliphatic carbocycles. The average molecular weight is 247 g/mol. The summed E-state index contributed by atoms with van der Waals surface area (Å²) in [6.07, 6.45) is 4.55. The van der Waals surface area contributed by atoms with Crippen LogP contribution < -0.4 is 5.32 Å². The number of nitrogens with one attached hydrogen (secondary N) is 1. The van der Waals surface area contributed by atoms with E-state index in [9.17, 15) is 0 Å². The maximum atomic E-state index is 5.30. The van der Waals surface area contributed by atoms with Gasteiger partial charge >= 0.3 is 0 Å². The first kappa shape index (κ1) is 14.9. The Morgan fingerprint density at radius 3 is 2.72 bits per heavy atom. The fourth-order valence-electron chi connectivity index (χ4n) is 1.77. The molecule has 0 aliphatic heterocycles. The highest BCUT2D eigenvalue weighted by atomic mass is 16.5. The molecule has 1 aromatic rings. The van der Waals surface area contributed by atoms with Gasteiger partial charge < -0.3 is 10.1 Å². The van der Waals surface area contributed by atoms with Crippen molar-refractivity contribution in [2.24, 2.45) is 0 Å². The highest BCUT2D eigenvalue weighted by Gasteiger charge is 1.92. The summed E-state index contributed by atoms with van der Waals surface area (Å²) in [6, 6.07) is 10.4. The lowest BCUT2D eigenvalue weighted by Gasteiger charge is -2.05. The molecule has 18 heavy (non-hydrogen) atoms. The Morgan fingerprint density at radius 2 is 2.00 bits per heavy atom. The minimum absolute atomic E-state index is 0.826. The highest BCUT2D eigenvalue weighted by molar-refractivity contribution is 5.52. The van der Waals surface area contributed by atoms with Gasteiger partial charge in [-0.25, -0.2) is 0 Å². The van der Waals surface area contributed by atoms with Crippen molar-refractivity contribution in [3.8, 4) is 0 Å². The zero-order valence-electron chi connectivity index (χ0n) is 11.6. The van der Waals surface area contributed by atoms with Crippen molar-refractivity contribution in [2.45, 2.75) is 26.7 Å². The minimum atomic E-state index is 0.826. The Morgan fingerprint density at radius 1 is 1.22 bits per heavy atom. The molecule has 0 atom stereocenters. The van der Waals surface area contributed by atoms with Crippen LogP contribution in [0.4, 0.5) is 0 Å². The van der Waals surface area contributed by atoms with Crippen LogP contribution in [0.2, 0.25) is 0 Å². The molecule has 0 radical (unpaired) electrons. The smallest absolute Gasteiger partial charge is 0.0466 e. The first-order valence-electron chi connectivity index (χ1n) is 6.83. The van der Waals surface area contributed by atoms with Crippen LogP contribution in [-0.2, 0) is 4.74 Å². The molecule has 1 N–H and O–H groups in total. The van der Waals surface area contributed by atoms with Crippen molar-refractivity contribution in [3.63, 3.8) is 0 Å². The van der Waals surface area contributed by atoms with E-state index in [2.05, 4.69) is 42.6 Å². The van der Waals surface area contributed by atoms with Gasteiger partial charge in [-0.05, 0) is 38.8 Å². The molecule has 0 spiro atoms. The van der Waals surface area contributed by atoms with Crippen LogP contribution in [0.15, 0.2) is 35.9 Å². The Bertz CT molecular complexity index is 332. The van der Waals surface area contributed by atoms with E-state index in [1.165, 1.54) is 17.6 Å². The molecule has 1 aromatic carbocycles. The van der Waals surface area contributed by atoms with Gasteiger partial charge in [0.2, 0.25) is 0 Å². The molecule has 0 fully saturated rings. The van der Waals surface area contributed by atoms with Gasteiger partial charge in [-0.15, -0.1) is 0 Å². The van der Waals surface area contributed by atoms with Gasteiger partial charge in [-0.1, -0.05) is 42.0 Å². The third-order valence-electron chi connectivity index (χ3n) is 2.71. The Balaban J connectivity index is 2.10. The van der Waals surface area contributed by atoms with E-state index in [1.807, 2.05) is 13.0 Å². The second-order valence-corrected chi connectivity index (χ2v) is 4.48. The predicted octanol–water partition coefficient (Wildman–Crippen LogP) is 3.50. The van der Waals surface area contributed by atoms with E-state index >= 15 is 0 Å². The molecule has 0 aromatic heterocycles.